The van der Waals surface area contributed by atoms with Crippen LogP contribution in [-0.4, -0.2) is 15.5 Å². The highest BCUT2D eigenvalue weighted by Gasteiger charge is 2.24. The topological polar surface area (TPSA) is 37.4 Å². The number of halogens is 2. The highest BCUT2D eigenvalue weighted by atomic mass is 32.2. The van der Waals surface area contributed by atoms with Crippen molar-refractivity contribution in [2.45, 2.75) is 4.90 Å². The van der Waals surface area contributed by atoms with Crippen molar-refractivity contribution >= 4 is 15.7 Å². The van der Waals surface area contributed by atoms with E-state index < -0.39 is 26.6 Å². The lowest BCUT2D eigenvalue weighted by molar-refractivity contribution is 0.548. The van der Waals surface area contributed by atoms with Gasteiger partial charge in [-0.25, -0.2) is 17.2 Å². The lowest BCUT2D eigenvalue weighted by Gasteiger charge is -2.19. The number of sulfonamides is 1. The number of anilines is 1. The molecule has 0 heterocycles. The third-order valence-electron chi connectivity index (χ3n) is 2.65. The molecule has 0 aliphatic rings. The molecule has 0 amide bonds. The molecule has 0 bridgehead atoms. The molecular formula is C13H11F2NO2S. The highest BCUT2D eigenvalue weighted by Crippen LogP contribution is 2.23. The van der Waals surface area contributed by atoms with Gasteiger partial charge in [0.2, 0.25) is 0 Å². The van der Waals surface area contributed by atoms with Crippen molar-refractivity contribution in [3.8, 4) is 0 Å². The van der Waals surface area contributed by atoms with Gasteiger partial charge in [-0.3, -0.25) is 4.31 Å². The normalized spacial score (nSPS) is 11.3. The molecule has 0 radical (unpaired) electrons. The van der Waals surface area contributed by atoms with Crippen LogP contribution in [0.3, 0.4) is 0 Å². The molecule has 2 rings (SSSR count). The second kappa shape index (κ2) is 4.97. The summed E-state index contributed by atoms with van der Waals surface area (Å²) in [6, 6.07) is 10.6. The first-order valence-corrected chi connectivity index (χ1v) is 6.86. The van der Waals surface area contributed by atoms with Crippen LogP contribution in [0.5, 0.6) is 0 Å². The van der Waals surface area contributed by atoms with E-state index in [0.29, 0.717) is 11.8 Å². The van der Waals surface area contributed by atoms with E-state index in [0.717, 1.165) is 16.4 Å². The predicted molar refractivity (Wildman–Crippen MR) is 68.4 cm³/mol. The van der Waals surface area contributed by atoms with E-state index in [4.69, 9.17) is 0 Å². The molecule has 0 saturated carbocycles. The average molecular weight is 283 g/mol. The Morgan fingerprint density at radius 2 is 1.63 bits per heavy atom. The Bertz CT molecular complexity index is 687. The van der Waals surface area contributed by atoms with Gasteiger partial charge in [-0.15, -0.1) is 0 Å². The number of rotatable bonds is 3. The first-order chi connectivity index (χ1) is 8.93. The first kappa shape index (κ1) is 13.5. The van der Waals surface area contributed by atoms with Crippen LogP contribution in [0.25, 0.3) is 0 Å². The molecule has 0 aliphatic heterocycles. The monoisotopic (exact) mass is 283 g/mol. The number of hydrogen-bond acceptors (Lipinski definition) is 2. The maximum Gasteiger partial charge on any atom is 0.266 e. The summed E-state index contributed by atoms with van der Waals surface area (Å²) in [5.41, 5.74) is 0.395. The number of nitrogens with zero attached hydrogens (tertiary/aromatic N) is 1. The van der Waals surface area contributed by atoms with Gasteiger partial charge in [0.1, 0.15) is 16.5 Å². The molecule has 100 valence electrons. The van der Waals surface area contributed by atoms with Gasteiger partial charge in [-0.2, -0.15) is 0 Å². The van der Waals surface area contributed by atoms with Crippen molar-refractivity contribution in [1.29, 1.82) is 0 Å². The molecule has 2 aromatic rings. The average Bonchev–Trinajstić information content (AvgIpc) is 2.38. The van der Waals surface area contributed by atoms with E-state index in [1.165, 1.54) is 7.05 Å². The van der Waals surface area contributed by atoms with Gasteiger partial charge < -0.3 is 0 Å². The summed E-state index contributed by atoms with van der Waals surface area (Å²) >= 11 is 0. The quantitative estimate of drug-likeness (QED) is 0.868. The minimum absolute atomic E-state index is 0.395. The highest BCUT2D eigenvalue weighted by molar-refractivity contribution is 7.92. The minimum atomic E-state index is -4.05. The molecule has 0 unspecified atom stereocenters. The van der Waals surface area contributed by atoms with E-state index in [-0.39, 0.29) is 0 Å². The smallest absolute Gasteiger partial charge is 0.266 e. The molecule has 0 fully saturated rings. The largest absolute Gasteiger partial charge is 0.269 e. The molecule has 0 aliphatic carbocycles. The number of hydrogen-bond donors (Lipinski definition) is 0. The lowest BCUT2D eigenvalue weighted by Crippen LogP contribution is -2.27. The summed E-state index contributed by atoms with van der Waals surface area (Å²) in [4.78, 5) is -0.555. The minimum Gasteiger partial charge on any atom is -0.269 e. The van der Waals surface area contributed by atoms with Gasteiger partial charge in [-0.1, -0.05) is 18.2 Å². The van der Waals surface area contributed by atoms with E-state index >= 15 is 0 Å². The third-order valence-corrected chi connectivity index (χ3v) is 4.47. The molecule has 0 aromatic heterocycles. The van der Waals surface area contributed by atoms with Crippen LogP contribution in [-0.2, 0) is 10.0 Å². The van der Waals surface area contributed by atoms with Crippen molar-refractivity contribution < 1.29 is 17.2 Å². The Morgan fingerprint density at radius 3 is 2.21 bits per heavy atom. The van der Waals surface area contributed by atoms with Crippen LogP contribution >= 0.6 is 0 Å². The fraction of sp³-hybridized carbons (Fsp3) is 0.0769. The standard InChI is InChI=1S/C13H11F2NO2S/c1-16(11-5-3-2-4-6-11)19(17,18)13-8-7-10(14)9-12(13)15/h2-9H,1H3. The Balaban J connectivity index is 2.48. The maximum atomic E-state index is 13.6. The second-order valence-electron chi connectivity index (χ2n) is 3.88. The summed E-state index contributed by atoms with van der Waals surface area (Å²) in [7, 11) is -2.73. The van der Waals surface area contributed by atoms with Crippen LogP contribution in [0.15, 0.2) is 53.4 Å². The van der Waals surface area contributed by atoms with Crippen molar-refractivity contribution in [2.75, 3.05) is 11.4 Å². The molecule has 0 spiro atoms. The van der Waals surface area contributed by atoms with Crippen molar-refractivity contribution in [2.24, 2.45) is 0 Å². The molecule has 2 aromatic carbocycles. The Labute approximate surface area is 110 Å². The van der Waals surface area contributed by atoms with Crippen LogP contribution in [0, 0.1) is 11.6 Å². The molecule has 19 heavy (non-hydrogen) atoms. The fourth-order valence-electron chi connectivity index (χ4n) is 1.61. The van der Waals surface area contributed by atoms with Crippen LogP contribution in [0.1, 0.15) is 0 Å². The molecule has 0 atom stereocenters. The van der Waals surface area contributed by atoms with Crippen molar-refractivity contribution in [3.63, 3.8) is 0 Å². The molecule has 6 heteroatoms. The predicted octanol–water partition coefficient (Wildman–Crippen LogP) is 2.79. The molecule has 0 N–H and O–H groups in total. The Hall–Kier alpha value is -1.95. The van der Waals surface area contributed by atoms with Gasteiger partial charge in [0.05, 0.1) is 5.69 Å². The second-order valence-corrected chi connectivity index (χ2v) is 5.82. The zero-order chi connectivity index (χ0) is 14.0. The number of para-hydroxylation sites is 1. The third kappa shape index (κ3) is 2.58. The summed E-state index contributed by atoms with van der Waals surface area (Å²) in [6.45, 7) is 0. The molecule has 3 nitrogen and oxygen atoms in total. The van der Waals surface area contributed by atoms with E-state index in [1.807, 2.05) is 0 Å². The van der Waals surface area contributed by atoms with Gasteiger partial charge in [0, 0.05) is 13.1 Å². The zero-order valence-electron chi connectivity index (χ0n) is 10.0. The summed E-state index contributed by atoms with van der Waals surface area (Å²) in [5, 5.41) is 0. The van der Waals surface area contributed by atoms with E-state index in [1.54, 1.807) is 30.3 Å². The van der Waals surface area contributed by atoms with Gasteiger partial charge >= 0.3 is 0 Å². The summed E-state index contributed by atoms with van der Waals surface area (Å²) in [6.07, 6.45) is 0. The molecular weight excluding hydrogens is 272 g/mol. The van der Waals surface area contributed by atoms with Crippen LogP contribution in [0.2, 0.25) is 0 Å². The van der Waals surface area contributed by atoms with Crippen LogP contribution < -0.4 is 4.31 Å². The lowest BCUT2D eigenvalue weighted by atomic mass is 10.3. The molecule has 0 saturated heterocycles. The summed E-state index contributed by atoms with van der Waals surface area (Å²) in [5.74, 6) is -1.93. The van der Waals surface area contributed by atoms with E-state index in [2.05, 4.69) is 0 Å². The van der Waals surface area contributed by atoms with Gasteiger partial charge in [-0.05, 0) is 24.3 Å². The number of benzene rings is 2. The Morgan fingerprint density at radius 1 is 1.00 bits per heavy atom. The summed E-state index contributed by atoms with van der Waals surface area (Å²) < 4.78 is 51.8. The van der Waals surface area contributed by atoms with Crippen molar-refractivity contribution in [1.82, 2.24) is 0 Å². The van der Waals surface area contributed by atoms with Gasteiger partial charge in [0.25, 0.3) is 10.0 Å². The zero-order valence-corrected chi connectivity index (χ0v) is 10.9. The SMILES string of the molecule is CN(c1ccccc1)S(=O)(=O)c1ccc(F)cc1F. The van der Waals surface area contributed by atoms with E-state index in [9.17, 15) is 17.2 Å². The Kier molecular flexibility index (Phi) is 3.53. The van der Waals surface area contributed by atoms with Gasteiger partial charge in [0.15, 0.2) is 0 Å². The maximum absolute atomic E-state index is 13.6. The van der Waals surface area contributed by atoms with Crippen molar-refractivity contribution in [3.05, 3.63) is 60.2 Å². The fourth-order valence-corrected chi connectivity index (χ4v) is 2.85. The first-order valence-electron chi connectivity index (χ1n) is 5.42. The van der Waals surface area contributed by atoms with Crippen LogP contribution in [0.4, 0.5) is 14.5 Å².